The lowest BCUT2D eigenvalue weighted by Gasteiger charge is -2.15. The van der Waals surface area contributed by atoms with Crippen molar-refractivity contribution in [2.75, 3.05) is 28.4 Å². The van der Waals surface area contributed by atoms with Gasteiger partial charge in [0.25, 0.3) is 5.91 Å². The normalized spacial score (nSPS) is 14.6. The number of H-pyrrole nitrogens is 1. The number of carbonyl (C=O) groups excluding carboxylic acids is 1. The van der Waals surface area contributed by atoms with E-state index < -0.39 is 0 Å². The van der Waals surface area contributed by atoms with Gasteiger partial charge in [-0.25, -0.2) is 0 Å². The van der Waals surface area contributed by atoms with E-state index in [9.17, 15) is 4.79 Å². The lowest BCUT2D eigenvalue weighted by Crippen LogP contribution is -2.27. The molecule has 0 unspecified atom stereocenters. The number of amides is 1. The van der Waals surface area contributed by atoms with Crippen molar-refractivity contribution in [3.63, 3.8) is 0 Å². The van der Waals surface area contributed by atoms with Gasteiger partial charge in [-0.2, -0.15) is 5.10 Å². The first-order valence-corrected chi connectivity index (χ1v) is 9.91. The second-order valence-electron chi connectivity index (χ2n) is 7.20. The zero-order valence-corrected chi connectivity index (χ0v) is 17.9. The van der Waals surface area contributed by atoms with Gasteiger partial charge in [0.2, 0.25) is 0 Å². The Kier molecular flexibility index (Phi) is 5.70. The zero-order chi connectivity index (χ0) is 22.0. The van der Waals surface area contributed by atoms with Gasteiger partial charge >= 0.3 is 0 Å². The van der Waals surface area contributed by atoms with E-state index in [1.165, 1.54) is 0 Å². The smallest absolute Gasteiger partial charge is 0.269 e. The number of nitrogens with one attached hydrogen (secondary N) is 2. The Labute approximate surface area is 180 Å². The molecule has 0 spiro atoms. The molecule has 1 amide bonds. The molecule has 3 aromatic rings. The molecular formula is C23H25N3O5. The summed E-state index contributed by atoms with van der Waals surface area (Å²) in [5, 5.41) is 10.2. The van der Waals surface area contributed by atoms with Gasteiger partial charge in [-0.05, 0) is 54.3 Å². The van der Waals surface area contributed by atoms with Crippen LogP contribution in [0.2, 0.25) is 0 Å². The van der Waals surface area contributed by atoms with Crippen LogP contribution in [0.15, 0.2) is 36.4 Å². The largest absolute Gasteiger partial charge is 0.497 e. The van der Waals surface area contributed by atoms with Crippen molar-refractivity contribution in [1.82, 2.24) is 15.5 Å². The van der Waals surface area contributed by atoms with Crippen molar-refractivity contribution >= 4 is 5.91 Å². The number of benzene rings is 2. The molecule has 1 heterocycles. The fraction of sp³-hybridized carbons (Fsp3) is 0.304. The van der Waals surface area contributed by atoms with Crippen molar-refractivity contribution in [2.45, 2.75) is 18.9 Å². The van der Waals surface area contributed by atoms with Gasteiger partial charge in [0, 0.05) is 11.6 Å². The number of fused-ring (bicyclic) bond motifs is 1. The van der Waals surface area contributed by atoms with Crippen LogP contribution in [-0.4, -0.2) is 44.5 Å². The maximum atomic E-state index is 12.9. The number of aromatic amines is 1. The predicted octanol–water partition coefficient (Wildman–Crippen LogP) is 3.53. The highest BCUT2D eigenvalue weighted by molar-refractivity contribution is 5.94. The zero-order valence-electron chi connectivity index (χ0n) is 17.9. The molecule has 0 saturated carbocycles. The Morgan fingerprint density at radius 2 is 1.71 bits per heavy atom. The first kappa shape index (κ1) is 20.6. The minimum Gasteiger partial charge on any atom is -0.497 e. The van der Waals surface area contributed by atoms with E-state index in [0.717, 1.165) is 29.5 Å². The fourth-order valence-corrected chi connectivity index (χ4v) is 3.91. The average molecular weight is 423 g/mol. The molecule has 1 aliphatic carbocycles. The van der Waals surface area contributed by atoms with Gasteiger partial charge < -0.3 is 24.3 Å². The standard InChI is InChI=1S/C23H25N3O5/c1-28-14-6-7-15(20(10-14)29-2)18-12-19(26-25-18)23(27)24-17-8-5-13-9-21(30-3)22(31-4)11-16(13)17/h6-7,9-12,17H,5,8H2,1-4H3,(H,24,27)(H,25,26)/t17-/m1/s1. The summed E-state index contributed by atoms with van der Waals surface area (Å²) in [7, 11) is 6.40. The molecule has 2 N–H and O–H groups in total. The summed E-state index contributed by atoms with van der Waals surface area (Å²) in [6.07, 6.45) is 1.67. The third-order valence-corrected chi connectivity index (χ3v) is 5.54. The molecule has 1 atom stereocenters. The van der Waals surface area contributed by atoms with E-state index in [1.807, 2.05) is 24.3 Å². The quantitative estimate of drug-likeness (QED) is 0.604. The molecule has 31 heavy (non-hydrogen) atoms. The highest BCUT2D eigenvalue weighted by Gasteiger charge is 2.27. The second kappa shape index (κ2) is 8.59. The first-order valence-electron chi connectivity index (χ1n) is 9.91. The summed E-state index contributed by atoms with van der Waals surface area (Å²) < 4.78 is 21.5. The van der Waals surface area contributed by atoms with E-state index in [1.54, 1.807) is 40.6 Å². The van der Waals surface area contributed by atoms with Crippen molar-refractivity contribution in [3.8, 4) is 34.3 Å². The van der Waals surface area contributed by atoms with E-state index in [-0.39, 0.29) is 11.9 Å². The van der Waals surface area contributed by atoms with Crippen molar-refractivity contribution < 1.29 is 23.7 Å². The summed E-state index contributed by atoms with van der Waals surface area (Å²) in [6, 6.07) is 11.0. The number of aryl methyl sites for hydroxylation is 1. The van der Waals surface area contributed by atoms with Gasteiger partial charge in [0.15, 0.2) is 11.5 Å². The number of hydrogen-bond acceptors (Lipinski definition) is 6. The number of rotatable bonds is 7. The summed E-state index contributed by atoms with van der Waals surface area (Å²) >= 11 is 0. The maximum Gasteiger partial charge on any atom is 0.269 e. The second-order valence-corrected chi connectivity index (χ2v) is 7.20. The third-order valence-electron chi connectivity index (χ3n) is 5.54. The van der Waals surface area contributed by atoms with Crippen LogP contribution in [0.5, 0.6) is 23.0 Å². The topological polar surface area (TPSA) is 94.7 Å². The summed E-state index contributed by atoms with van der Waals surface area (Å²) in [4.78, 5) is 12.9. The van der Waals surface area contributed by atoms with Gasteiger partial charge in [-0.1, -0.05) is 0 Å². The molecule has 1 aliphatic rings. The Morgan fingerprint density at radius 1 is 0.968 bits per heavy atom. The van der Waals surface area contributed by atoms with E-state index in [0.29, 0.717) is 34.4 Å². The molecule has 8 nitrogen and oxygen atoms in total. The molecular weight excluding hydrogens is 398 g/mol. The third kappa shape index (κ3) is 3.88. The van der Waals surface area contributed by atoms with Crippen molar-refractivity contribution in [2.24, 2.45) is 0 Å². The van der Waals surface area contributed by atoms with Gasteiger partial charge in [-0.3, -0.25) is 9.89 Å². The SMILES string of the molecule is COc1ccc(-c2cc(C(=O)N[C@@H]3CCc4cc(OC)c(OC)cc43)[nH]n2)c(OC)c1. The van der Waals surface area contributed by atoms with Crippen molar-refractivity contribution in [3.05, 3.63) is 53.2 Å². The Bertz CT molecular complexity index is 1110. The monoisotopic (exact) mass is 423 g/mol. The molecule has 0 bridgehead atoms. The highest BCUT2D eigenvalue weighted by Crippen LogP contribution is 2.39. The summed E-state index contributed by atoms with van der Waals surface area (Å²) in [5.74, 6) is 2.42. The highest BCUT2D eigenvalue weighted by atomic mass is 16.5. The van der Waals surface area contributed by atoms with Gasteiger partial charge in [-0.15, -0.1) is 0 Å². The molecule has 0 aliphatic heterocycles. The lowest BCUT2D eigenvalue weighted by atomic mass is 10.1. The molecule has 162 valence electrons. The van der Waals surface area contributed by atoms with Gasteiger partial charge in [0.1, 0.15) is 17.2 Å². The van der Waals surface area contributed by atoms with Crippen LogP contribution in [0.1, 0.15) is 34.1 Å². The summed E-state index contributed by atoms with van der Waals surface area (Å²) in [6.45, 7) is 0. The maximum absolute atomic E-state index is 12.9. The van der Waals surface area contributed by atoms with Crippen LogP contribution < -0.4 is 24.3 Å². The van der Waals surface area contributed by atoms with Crippen LogP contribution in [0, 0.1) is 0 Å². The number of nitrogens with zero attached hydrogens (tertiary/aromatic N) is 1. The number of hydrogen-bond donors (Lipinski definition) is 2. The van der Waals surface area contributed by atoms with Crippen LogP contribution >= 0.6 is 0 Å². The Balaban J connectivity index is 1.54. The molecule has 0 radical (unpaired) electrons. The van der Waals surface area contributed by atoms with E-state index >= 15 is 0 Å². The van der Waals surface area contributed by atoms with E-state index in [4.69, 9.17) is 18.9 Å². The van der Waals surface area contributed by atoms with Gasteiger partial charge in [0.05, 0.1) is 40.2 Å². The number of aromatic nitrogens is 2. The minimum absolute atomic E-state index is 0.107. The lowest BCUT2D eigenvalue weighted by molar-refractivity contribution is 0.0931. The summed E-state index contributed by atoms with van der Waals surface area (Å²) in [5.41, 5.74) is 3.95. The van der Waals surface area contributed by atoms with Crippen LogP contribution in [0.3, 0.4) is 0 Å². The number of methoxy groups -OCH3 is 4. The first-order chi connectivity index (χ1) is 15.1. The number of carbonyl (C=O) groups is 1. The fourth-order valence-electron chi connectivity index (χ4n) is 3.91. The molecule has 0 fully saturated rings. The van der Waals surface area contributed by atoms with Crippen LogP contribution in [0.25, 0.3) is 11.3 Å². The Hall–Kier alpha value is -3.68. The molecule has 8 heteroatoms. The number of ether oxygens (including phenoxy) is 4. The predicted molar refractivity (Wildman–Crippen MR) is 115 cm³/mol. The molecule has 4 rings (SSSR count). The van der Waals surface area contributed by atoms with Crippen LogP contribution in [-0.2, 0) is 6.42 Å². The molecule has 0 saturated heterocycles. The minimum atomic E-state index is -0.223. The van der Waals surface area contributed by atoms with Crippen LogP contribution in [0.4, 0.5) is 0 Å². The van der Waals surface area contributed by atoms with Crippen molar-refractivity contribution in [1.29, 1.82) is 0 Å². The molecule has 2 aromatic carbocycles. The van der Waals surface area contributed by atoms with E-state index in [2.05, 4.69) is 15.5 Å². The molecule has 1 aromatic heterocycles. The Morgan fingerprint density at radius 3 is 2.42 bits per heavy atom. The average Bonchev–Trinajstić information content (AvgIpc) is 3.45.